The minimum absolute atomic E-state index is 0.565. The molecular weight excluding hydrogens is 416 g/mol. The van der Waals surface area contributed by atoms with E-state index in [4.69, 9.17) is 0 Å². The lowest BCUT2D eigenvalue weighted by atomic mass is 9.86. The minimum atomic E-state index is 0.565. The van der Waals surface area contributed by atoms with Crippen LogP contribution in [0.5, 0.6) is 0 Å². The molecule has 0 unspecified atom stereocenters. The maximum atomic E-state index is 9.54. The average Bonchev–Trinajstić information content (AvgIpc) is 2.91. The first-order chi connectivity index (χ1) is 16.8. The molecule has 4 heteroatoms. The molecule has 6 aromatic rings. The molecule has 2 aromatic heterocycles. The van der Waals surface area contributed by atoms with Crippen LogP contribution in [-0.2, 0) is 0 Å². The third-order valence-electron chi connectivity index (χ3n) is 6.20. The molecule has 4 nitrogen and oxygen atoms in total. The van der Waals surface area contributed by atoms with E-state index in [-0.39, 0.29) is 0 Å². The predicted octanol–water partition coefficient (Wildman–Crippen LogP) is 7.01. The third-order valence-corrected chi connectivity index (χ3v) is 6.20. The van der Waals surface area contributed by atoms with E-state index in [2.05, 4.69) is 58.5 Å². The van der Waals surface area contributed by atoms with Crippen LogP contribution in [0.15, 0.2) is 97.3 Å². The summed E-state index contributed by atoms with van der Waals surface area (Å²) in [4.78, 5) is 9.34. The van der Waals surface area contributed by atoms with Gasteiger partial charge in [0.2, 0.25) is 0 Å². The van der Waals surface area contributed by atoms with Crippen molar-refractivity contribution in [2.45, 2.75) is 0 Å². The molecule has 0 radical (unpaired) electrons. The molecule has 0 aliphatic heterocycles. The quantitative estimate of drug-likeness (QED) is 0.218. The lowest BCUT2D eigenvalue weighted by Crippen LogP contribution is -1.95. The van der Waals surface area contributed by atoms with Gasteiger partial charge in [-0.1, -0.05) is 60.7 Å². The standard InChI is InChI=1S/C30H16N4/c31-17-19-11-13-33-26(15-19)28-23-7-3-4-8-24(23)30(27-16-20(18-32)12-14-34-27)29-22-6-2-1-5-21(22)9-10-25(28)29/h1-16H. The van der Waals surface area contributed by atoms with Crippen molar-refractivity contribution in [3.8, 4) is 34.7 Å². The van der Waals surface area contributed by atoms with E-state index >= 15 is 0 Å². The first kappa shape index (κ1) is 19.6. The molecule has 156 valence electrons. The van der Waals surface area contributed by atoms with Gasteiger partial charge in [-0.2, -0.15) is 10.5 Å². The van der Waals surface area contributed by atoms with E-state index in [1.54, 1.807) is 24.5 Å². The topological polar surface area (TPSA) is 73.4 Å². The zero-order valence-electron chi connectivity index (χ0n) is 18.0. The van der Waals surface area contributed by atoms with Crippen LogP contribution >= 0.6 is 0 Å². The molecule has 0 aliphatic carbocycles. The summed E-state index contributed by atoms with van der Waals surface area (Å²) < 4.78 is 0. The maximum Gasteiger partial charge on any atom is 0.0992 e. The number of benzene rings is 4. The molecule has 6 rings (SSSR count). The molecule has 2 heterocycles. The van der Waals surface area contributed by atoms with Gasteiger partial charge in [0.1, 0.15) is 0 Å². The highest BCUT2D eigenvalue weighted by Crippen LogP contribution is 2.45. The Labute approximate surface area is 196 Å². The largest absolute Gasteiger partial charge is 0.256 e. The smallest absolute Gasteiger partial charge is 0.0992 e. The fraction of sp³-hybridized carbons (Fsp3) is 0. The second-order valence-electron chi connectivity index (χ2n) is 8.09. The molecule has 0 bridgehead atoms. The number of hydrogen-bond donors (Lipinski definition) is 0. The van der Waals surface area contributed by atoms with Crippen LogP contribution in [0.2, 0.25) is 0 Å². The summed E-state index contributed by atoms with van der Waals surface area (Å²) in [6, 6.07) is 32.3. The van der Waals surface area contributed by atoms with Gasteiger partial charge in [-0.15, -0.1) is 0 Å². The summed E-state index contributed by atoms with van der Waals surface area (Å²) in [6.07, 6.45) is 3.37. The lowest BCUT2D eigenvalue weighted by Gasteiger charge is -2.18. The van der Waals surface area contributed by atoms with Crippen molar-refractivity contribution >= 4 is 32.3 Å². The van der Waals surface area contributed by atoms with Crippen LogP contribution in [0.1, 0.15) is 11.1 Å². The van der Waals surface area contributed by atoms with Gasteiger partial charge in [0.25, 0.3) is 0 Å². The Morgan fingerprint density at radius 3 is 1.74 bits per heavy atom. The lowest BCUT2D eigenvalue weighted by molar-refractivity contribution is 1.31. The van der Waals surface area contributed by atoms with Crippen LogP contribution in [0.4, 0.5) is 0 Å². The number of fused-ring (bicyclic) bond motifs is 4. The summed E-state index contributed by atoms with van der Waals surface area (Å²) in [5, 5.41) is 25.4. The highest BCUT2D eigenvalue weighted by Gasteiger charge is 2.20. The number of aromatic nitrogens is 2. The van der Waals surface area contributed by atoms with Crippen LogP contribution in [-0.4, -0.2) is 9.97 Å². The Hall–Kier alpha value is -5.06. The van der Waals surface area contributed by atoms with E-state index in [1.807, 2.05) is 36.4 Å². The molecule has 34 heavy (non-hydrogen) atoms. The van der Waals surface area contributed by atoms with Gasteiger partial charge in [0.15, 0.2) is 0 Å². The summed E-state index contributed by atoms with van der Waals surface area (Å²) in [5.74, 6) is 0. The van der Waals surface area contributed by atoms with Crippen molar-refractivity contribution in [3.63, 3.8) is 0 Å². The zero-order valence-corrected chi connectivity index (χ0v) is 18.0. The van der Waals surface area contributed by atoms with Crippen molar-refractivity contribution < 1.29 is 0 Å². The number of nitriles is 2. The third kappa shape index (κ3) is 2.98. The van der Waals surface area contributed by atoms with Gasteiger partial charge in [0, 0.05) is 28.9 Å². The van der Waals surface area contributed by atoms with Gasteiger partial charge in [-0.05, 0) is 51.2 Å². The van der Waals surface area contributed by atoms with Crippen molar-refractivity contribution in [1.82, 2.24) is 9.97 Å². The fourth-order valence-electron chi connectivity index (χ4n) is 4.76. The monoisotopic (exact) mass is 432 g/mol. The molecule has 0 N–H and O–H groups in total. The summed E-state index contributed by atoms with van der Waals surface area (Å²) in [5.41, 5.74) is 4.60. The molecule has 0 saturated carbocycles. The summed E-state index contributed by atoms with van der Waals surface area (Å²) in [7, 11) is 0. The van der Waals surface area contributed by atoms with Gasteiger partial charge in [-0.25, -0.2) is 0 Å². The Morgan fingerprint density at radius 2 is 1.09 bits per heavy atom. The Bertz CT molecular complexity index is 1840. The van der Waals surface area contributed by atoms with Crippen LogP contribution < -0.4 is 0 Å². The summed E-state index contributed by atoms with van der Waals surface area (Å²) in [6.45, 7) is 0. The van der Waals surface area contributed by atoms with Crippen LogP contribution in [0.25, 0.3) is 54.8 Å². The Balaban J connectivity index is 1.89. The highest BCUT2D eigenvalue weighted by molar-refractivity contribution is 6.27. The van der Waals surface area contributed by atoms with E-state index in [0.29, 0.717) is 11.1 Å². The normalized spacial score (nSPS) is 10.9. The zero-order chi connectivity index (χ0) is 23.1. The minimum Gasteiger partial charge on any atom is -0.256 e. The Morgan fingerprint density at radius 1 is 0.529 bits per heavy atom. The molecule has 0 aliphatic rings. The molecular formula is C30H16N4. The van der Waals surface area contributed by atoms with Crippen molar-refractivity contribution in [1.29, 1.82) is 10.5 Å². The second kappa shape index (κ2) is 7.81. The van der Waals surface area contributed by atoms with Gasteiger partial charge in [0.05, 0.1) is 34.7 Å². The fourth-order valence-corrected chi connectivity index (χ4v) is 4.76. The second-order valence-corrected chi connectivity index (χ2v) is 8.09. The number of nitrogens with zero attached hydrogens (tertiary/aromatic N) is 4. The molecule has 0 fully saturated rings. The van der Waals surface area contributed by atoms with E-state index in [1.165, 1.54) is 0 Å². The van der Waals surface area contributed by atoms with Gasteiger partial charge >= 0.3 is 0 Å². The van der Waals surface area contributed by atoms with Crippen molar-refractivity contribution in [3.05, 3.63) is 108 Å². The highest BCUT2D eigenvalue weighted by atomic mass is 14.7. The molecule has 0 spiro atoms. The average molecular weight is 432 g/mol. The first-order valence-corrected chi connectivity index (χ1v) is 10.9. The summed E-state index contributed by atoms with van der Waals surface area (Å²) >= 11 is 0. The van der Waals surface area contributed by atoms with Crippen molar-refractivity contribution in [2.24, 2.45) is 0 Å². The van der Waals surface area contributed by atoms with E-state index in [0.717, 1.165) is 54.8 Å². The molecule has 4 aromatic carbocycles. The van der Waals surface area contributed by atoms with Crippen LogP contribution in [0.3, 0.4) is 0 Å². The van der Waals surface area contributed by atoms with E-state index in [9.17, 15) is 10.5 Å². The first-order valence-electron chi connectivity index (χ1n) is 10.9. The maximum absolute atomic E-state index is 9.54. The molecule has 0 saturated heterocycles. The number of rotatable bonds is 2. The van der Waals surface area contributed by atoms with Gasteiger partial charge < -0.3 is 0 Å². The number of pyridine rings is 2. The van der Waals surface area contributed by atoms with Crippen molar-refractivity contribution in [2.75, 3.05) is 0 Å². The molecule has 0 atom stereocenters. The predicted molar refractivity (Wildman–Crippen MR) is 135 cm³/mol. The number of hydrogen-bond acceptors (Lipinski definition) is 4. The van der Waals surface area contributed by atoms with Gasteiger partial charge in [-0.3, -0.25) is 9.97 Å². The Kier molecular flexibility index (Phi) is 4.51. The van der Waals surface area contributed by atoms with Crippen LogP contribution in [0, 0.1) is 22.7 Å². The SMILES string of the molecule is N#Cc1ccnc(-c2c3ccccc3c(-c3cc(C#N)ccn3)c3c2ccc2ccccc23)c1. The molecule has 0 amide bonds. The van der Waals surface area contributed by atoms with E-state index < -0.39 is 0 Å².